The van der Waals surface area contributed by atoms with Gasteiger partial charge in [-0.1, -0.05) is 19.9 Å². The lowest BCUT2D eigenvalue weighted by molar-refractivity contribution is -0.271. The fraction of sp³-hybridized carbons (Fsp3) is 0.370. The van der Waals surface area contributed by atoms with E-state index >= 15 is 0 Å². The summed E-state index contributed by atoms with van der Waals surface area (Å²) in [6.07, 6.45) is -0.00619. The first-order valence-electron chi connectivity index (χ1n) is 11.5. The Bertz CT molecular complexity index is 1350. The molecule has 6 nitrogen and oxygen atoms in total. The quantitative estimate of drug-likeness (QED) is 0.481. The monoisotopic (exact) mass is 497 g/mol. The number of phenolic OH excluding ortho intramolecular Hbond substituents is 1. The van der Waals surface area contributed by atoms with Crippen molar-refractivity contribution >= 4 is 5.78 Å². The summed E-state index contributed by atoms with van der Waals surface area (Å²) in [5, 5.41) is 30.8. The van der Waals surface area contributed by atoms with E-state index in [1.165, 1.54) is 49.1 Å². The Morgan fingerprint density at radius 2 is 1.86 bits per heavy atom. The normalized spacial score (nSPS) is 15.8. The van der Waals surface area contributed by atoms with Gasteiger partial charge in [-0.25, -0.2) is 0 Å². The third-order valence-electron chi connectivity index (χ3n) is 6.82. The lowest BCUT2D eigenvalue weighted by atomic mass is 9.73. The second-order valence-corrected chi connectivity index (χ2v) is 9.98. The van der Waals surface area contributed by atoms with Crippen molar-refractivity contribution in [2.45, 2.75) is 63.3 Å². The van der Waals surface area contributed by atoms with Gasteiger partial charge in [0.1, 0.15) is 11.8 Å². The molecule has 36 heavy (non-hydrogen) atoms. The van der Waals surface area contributed by atoms with Gasteiger partial charge in [0, 0.05) is 47.4 Å². The number of nitriles is 1. The number of phenols is 1. The summed E-state index contributed by atoms with van der Waals surface area (Å²) in [7, 11) is 0. The summed E-state index contributed by atoms with van der Waals surface area (Å²) < 4.78 is 44.4. The molecule has 0 bridgehead atoms. The maximum Gasteiger partial charge on any atom is 0.418 e. The third-order valence-corrected chi connectivity index (χ3v) is 6.82. The first-order chi connectivity index (χ1) is 16.8. The van der Waals surface area contributed by atoms with Gasteiger partial charge < -0.3 is 14.8 Å². The summed E-state index contributed by atoms with van der Waals surface area (Å²) in [6.45, 7) is 2.29. The Labute approximate surface area is 206 Å². The van der Waals surface area contributed by atoms with Crippen LogP contribution in [-0.4, -0.2) is 37.3 Å². The van der Waals surface area contributed by atoms with E-state index in [1.807, 2.05) is 6.07 Å². The molecule has 0 spiro atoms. The molecular weight excluding hydrogens is 471 g/mol. The van der Waals surface area contributed by atoms with Gasteiger partial charge in [0.25, 0.3) is 0 Å². The van der Waals surface area contributed by atoms with E-state index in [-0.39, 0.29) is 17.1 Å². The molecule has 0 radical (unpaired) electrons. The maximum atomic E-state index is 14.3. The van der Waals surface area contributed by atoms with Gasteiger partial charge in [0.2, 0.25) is 0 Å². The van der Waals surface area contributed by atoms with Gasteiger partial charge in [-0.15, -0.1) is 0 Å². The van der Waals surface area contributed by atoms with Crippen molar-refractivity contribution in [2.24, 2.45) is 0 Å². The number of aliphatic hydroxyl groups is 1. The van der Waals surface area contributed by atoms with E-state index in [4.69, 9.17) is 5.26 Å². The van der Waals surface area contributed by atoms with Gasteiger partial charge in [-0.3, -0.25) is 9.78 Å². The van der Waals surface area contributed by atoms with Crippen LogP contribution in [0.4, 0.5) is 13.2 Å². The smallest absolute Gasteiger partial charge is 0.418 e. The number of hydrogen-bond acceptors (Lipinski definition) is 5. The molecule has 9 heteroatoms. The van der Waals surface area contributed by atoms with Gasteiger partial charge in [0.05, 0.1) is 12.1 Å². The summed E-state index contributed by atoms with van der Waals surface area (Å²) in [5.74, 6) is -0.316. The molecule has 1 aliphatic carbocycles. The van der Waals surface area contributed by atoms with Crippen molar-refractivity contribution in [1.82, 2.24) is 9.55 Å². The number of aromatic hydroxyl groups is 1. The number of nitrogens with zero attached hydrogens (tertiary/aromatic N) is 3. The number of alkyl halides is 3. The first kappa shape index (κ1) is 25.5. The molecule has 0 aliphatic heterocycles. The minimum atomic E-state index is -4.97. The fourth-order valence-corrected chi connectivity index (χ4v) is 5.01. The molecule has 1 unspecified atom stereocenters. The van der Waals surface area contributed by atoms with E-state index < -0.39 is 30.2 Å². The summed E-state index contributed by atoms with van der Waals surface area (Å²) in [5.41, 5.74) is -1.86. The second-order valence-electron chi connectivity index (χ2n) is 9.98. The van der Waals surface area contributed by atoms with Gasteiger partial charge in [0.15, 0.2) is 11.4 Å². The van der Waals surface area contributed by atoms with E-state index in [0.717, 1.165) is 0 Å². The molecule has 1 aromatic carbocycles. The third kappa shape index (κ3) is 4.73. The zero-order valence-electron chi connectivity index (χ0n) is 19.9. The zero-order valence-corrected chi connectivity index (χ0v) is 19.9. The van der Waals surface area contributed by atoms with E-state index in [0.29, 0.717) is 47.2 Å². The van der Waals surface area contributed by atoms with Crippen molar-refractivity contribution in [3.8, 4) is 22.9 Å². The summed E-state index contributed by atoms with van der Waals surface area (Å²) in [6, 6.07) is 9.63. The van der Waals surface area contributed by atoms with Crippen LogP contribution in [0.5, 0.6) is 5.75 Å². The number of hydrogen-bond donors (Lipinski definition) is 2. The Kier molecular flexibility index (Phi) is 6.43. The predicted octanol–water partition coefficient (Wildman–Crippen LogP) is 5.31. The zero-order chi connectivity index (χ0) is 26.3. The average Bonchev–Trinajstić information content (AvgIpc) is 3.22. The highest BCUT2D eigenvalue weighted by Crippen LogP contribution is 2.45. The highest BCUT2D eigenvalue weighted by atomic mass is 19.4. The fourth-order valence-electron chi connectivity index (χ4n) is 5.01. The largest absolute Gasteiger partial charge is 0.508 e. The van der Waals surface area contributed by atoms with E-state index in [1.54, 1.807) is 18.2 Å². The first-order valence-corrected chi connectivity index (χ1v) is 11.5. The molecule has 0 fully saturated rings. The van der Waals surface area contributed by atoms with Crippen LogP contribution in [0.15, 0.2) is 48.9 Å². The van der Waals surface area contributed by atoms with Gasteiger partial charge >= 0.3 is 6.18 Å². The molecule has 0 saturated heterocycles. The Hall–Kier alpha value is -3.64. The van der Waals surface area contributed by atoms with Crippen LogP contribution in [0.1, 0.15) is 60.3 Å². The van der Waals surface area contributed by atoms with Crippen LogP contribution >= 0.6 is 0 Å². The number of aromatic nitrogens is 2. The summed E-state index contributed by atoms with van der Waals surface area (Å²) >= 11 is 0. The van der Waals surface area contributed by atoms with E-state index in [2.05, 4.69) is 4.98 Å². The van der Waals surface area contributed by atoms with Crippen molar-refractivity contribution in [1.29, 1.82) is 5.26 Å². The average molecular weight is 498 g/mol. The van der Waals surface area contributed by atoms with Crippen molar-refractivity contribution in [3.05, 3.63) is 71.3 Å². The number of ketones is 1. The number of carbonyl (C=O) groups is 1. The lowest BCUT2D eigenvalue weighted by Gasteiger charge is -2.39. The molecule has 1 aliphatic rings. The number of Topliss-reactive ketones (excluding diaryl/α,β-unsaturated/α-hetero) is 1. The van der Waals surface area contributed by atoms with Crippen LogP contribution in [0.25, 0.3) is 11.1 Å². The highest BCUT2D eigenvalue weighted by Gasteiger charge is 2.56. The standard InChI is InChI=1S/C27H26F3N3O3/c1-25(2,21-11-18(6-7-24(21)35)19-10-17(12-31)13-32-14-19)15-26(36,27(28,29)30)16-33-9-8-20-22(33)4-3-5-23(20)34/h6-11,13-14,35-36H,3-5,15-16H2,1-2H3. The minimum absolute atomic E-state index is 0.109. The molecule has 1 atom stereocenters. The topological polar surface area (TPSA) is 99.1 Å². The number of fused-ring (bicyclic) bond motifs is 1. The van der Waals surface area contributed by atoms with Crippen molar-refractivity contribution in [2.75, 3.05) is 0 Å². The SMILES string of the molecule is CC(C)(CC(O)(Cn1ccc2c1CCCC2=O)C(F)(F)F)c1cc(-c2cncc(C#N)c2)ccc1O. The molecule has 2 N–H and O–H groups in total. The molecular formula is C27H26F3N3O3. The van der Waals surface area contributed by atoms with Crippen LogP contribution in [0, 0.1) is 11.3 Å². The van der Waals surface area contributed by atoms with Gasteiger partial charge in [-0.2, -0.15) is 18.4 Å². The molecule has 2 aromatic heterocycles. The van der Waals surface area contributed by atoms with Crippen molar-refractivity contribution < 1.29 is 28.2 Å². The van der Waals surface area contributed by atoms with Crippen LogP contribution in [0.3, 0.4) is 0 Å². The molecule has 4 rings (SSSR count). The second kappa shape index (κ2) is 9.10. The Morgan fingerprint density at radius 1 is 1.11 bits per heavy atom. The Balaban J connectivity index is 1.70. The predicted molar refractivity (Wildman–Crippen MR) is 126 cm³/mol. The number of carbonyl (C=O) groups excluding carboxylic acids is 1. The van der Waals surface area contributed by atoms with Crippen LogP contribution < -0.4 is 0 Å². The van der Waals surface area contributed by atoms with Crippen LogP contribution in [0.2, 0.25) is 0 Å². The number of rotatable bonds is 6. The molecule has 2 heterocycles. The molecule has 188 valence electrons. The van der Waals surface area contributed by atoms with Crippen molar-refractivity contribution in [3.63, 3.8) is 0 Å². The minimum Gasteiger partial charge on any atom is -0.508 e. The molecule has 3 aromatic rings. The maximum absolute atomic E-state index is 14.3. The van der Waals surface area contributed by atoms with Gasteiger partial charge in [-0.05, 0) is 54.5 Å². The number of benzene rings is 1. The highest BCUT2D eigenvalue weighted by molar-refractivity contribution is 5.98. The number of halogens is 3. The Morgan fingerprint density at radius 3 is 2.56 bits per heavy atom. The van der Waals surface area contributed by atoms with E-state index in [9.17, 15) is 28.2 Å². The molecule has 0 amide bonds. The van der Waals surface area contributed by atoms with Crippen LogP contribution in [-0.2, 0) is 18.4 Å². The molecule has 0 saturated carbocycles. The number of pyridine rings is 1. The lowest BCUT2D eigenvalue weighted by Crippen LogP contribution is -2.52. The summed E-state index contributed by atoms with van der Waals surface area (Å²) in [4.78, 5) is 16.2.